The van der Waals surface area contributed by atoms with Crippen molar-refractivity contribution in [3.63, 3.8) is 0 Å². The SMILES string of the molecule is CC1(C(N)=S)CCCS1. The van der Waals surface area contributed by atoms with Crippen LogP contribution in [-0.2, 0) is 0 Å². The zero-order valence-corrected chi connectivity index (χ0v) is 7.15. The van der Waals surface area contributed by atoms with Crippen LogP contribution in [0, 0.1) is 0 Å². The molecule has 1 aliphatic heterocycles. The minimum atomic E-state index is 0.120. The van der Waals surface area contributed by atoms with Crippen molar-refractivity contribution in [3.05, 3.63) is 0 Å². The Balaban J connectivity index is 2.61. The van der Waals surface area contributed by atoms with Crippen LogP contribution in [0.4, 0.5) is 0 Å². The lowest BCUT2D eigenvalue weighted by Gasteiger charge is -2.19. The van der Waals surface area contributed by atoms with Crippen LogP contribution < -0.4 is 5.73 Å². The van der Waals surface area contributed by atoms with Gasteiger partial charge >= 0.3 is 0 Å². The van der Waals surface area contributed by atoms with Gasteiger partial charge in [-0.2, -0.15) is 0 Å². The van der Waals surface area contributed by atoms with Gasteiger partial charge in [0, 0.05) is 0 Å². The summed E-state index contributed by atoms with van der Waals surface area (Å²) < 4.78 is 0.120. The Morgan fingerprint density at radius 3 is 2.67 bits per heavy atom. The molecule has 1 heterocycles. The van der Waals surface area contributed by atoms with Gasteiger partial charge in [0.1, 0.15) is 0 Å². The first-order valence-corrected chi connectivity index (χ1v) is 4.48. The first-order chi connectivity index (χ1) is 4.15. The lowest BCUT2D eigenvalue weighted by Crippen LogP contribution is -2.33. The standard InChI is InChI=1S/C6H11NS2/c1-6(5(7)8)3-2-4-9-6/h2-4H2,1H3,(H2,7,8). The summed E-state index contributed by atoms with van der Waals surface area (Å²) in [6, 6.07) is 0. The average Bonchev–Trinajstić information content (AvgIpc) is 2.16. The molecule has 0 aliphatic carbocycles. The molecule has 0 bridgehead atoms. The molecule has 1 rings (SSSR count). The van der Waals surface area contributed by atoms with Crippen LogP contribution in [-0.4, -0.2) is 15.5 Å². The van der Waals surface area contributed by atoms with Gasteiger partial charge in [-0.05, 0) is 25.5 Å². The van der Waals surface area contributed by atoms with E-state index in [2.05, 4.69) is 6.92 Å². The molecule has 1 nitrogen and oxygen atoms in total. The second-order valence-corrected chi connectivity index (χ2v) is 4.58. The van der Waals surface area contributed by atoms with Crippen LogP contribution in [0.5, 0.6) is 0 Å². The molecule has 0 saturated carbocycles. The highest BCUT2D eigenvalue weighted by Gasteiger charge is 2.31. The van der Waals surface area contributed by atoms with E-state index in [1.165, 1.54) is 12.2 Å². The van der Waals surface area contributed by atoms with Crippen LogP contribution in [0.2, 0.25) is 0 Å². The third-order valence-electron chi connectivity index (χ3n) is 1.74. The van der Waals surface area contributed by atoms with E-state index in [-0.39, 0.29) is 4.75 Å². The van der Waals surface area contributed by atoms with E-state index in [1.54, 1.807) is 0 Å². The van der Waals surface area contributed by atoms with Gasteiger partial charge in [-0.25, -0.2) is 0 Å². The molecule has 1 saturated heterocycles. The molecular weight excluding hydrogens is 150 g/mol. The summed E-state index contributed by atoms with van der Waals surface area (Å²) in [7, 11) is 0. The Hall–Kier alpha value is 0.240. The molecule has 52 valence electrons. The zero-order valence-electron chi connectivity index (χ0n) is 5.52. The fourth-order valence-electron chi connectivity index (χ4n) is 0.973. The maximum absolute atomic E-state index is 5.54. The molecule has 1 atom stereocenters. The minimum absolute atomic E-state index is 0.120. The number of nitrogens with two attached hydrogens (primary N) is 1. The molecular formula is C6H11NS2. The Morgan fingerprint density at radius 1 is 1.78 bits per heavy atom. The van der Waals surface area contributed by atoms with Gasteiger partial charge in [0.25, 0.3) is 0 Å². The summed E-state index contributed by atoms with van der Waals surface area (Å²) in [5, 5.41) is 0. The van der Waals surface area contributed by atoms with Crippen LogP contribution in [0.25, 0.3) is 0 Å². The summed E-state index contributed by atoms with van der Waals surface area (Å²) in [6.45, 7) is 2.13. The Labute approximate surface area is 65.4 Å². The minimum Gasteiger partial charge on any atom is -0.392 e. The number of thiocarbonyl (C=S) groups is 1. The quantitative estimate of drug-likeness (QED) is 0.591. The lowest BCUT2D eigenvalue weighted by molar-refractivity contribution is 0.758. The van der Waals surface area contributed by atoms with E-state index < -0.39 is 0 Å². The van der Waals surface area contributed by atoms with E-state index in [0.29, 0.717) is 4.99 Å². The van der Waals surface area contributed by atoms with Gasteiger partial charge in [0.2, 0.25) is 0 Å². The molecule has 0 aromatic rings. The third-order valence-corrected chi connectivity index (χ3v) is 3.87. The van der Waals surface area contributed by atoms with E-state index >= 15 is 0 Å². The lowest BCUT2D eigenvalue weighted by atomic mass is 10.1. The van der Waals surface area contributed by atoms with Gasteiger partial charge in [-0.3, -0.25) is 0 Å². The molecule has 0 amide bonds. The summed E-state index contributed by atoms with van der Waals surface area (Å²) in [6.07, 6.45) is 2.42. The Kier molecular flexibility index (Phi) is 2.01. The van der Waals surface area contributed by atoms with Crippen LogP contribution in [0.15, 0.2) is 0 Å². The highest BCUT2D eigenvalue weighted by atomic mass is 32.2. The van der Waals surface area contributed by atoms with Crippen molar-refractivity contribution in [1.82, 2.24) is 0 Å². The molecule has 9 heavy (non-hydrogen) atoms. The van der Waals surface area contributed by atoms with E-state index in [9.17, 15) is 0 Å². The molecule has 0 radical (unpaired) electrons. The third kappa shape index (κ3) is 1.38. The van der Waals surface area contributed by atoms with Crippen molar-refractivity contribution in [2.24, 2.45) is 5.73 Å². The largest absolute Gasteiger partial charge is 0.392 e. The fourth-order valence-corrected chi connectivity index (χ4v) is 2.42. The molecule has 0 aromatic carbocycles. The van der Waals surface area contributed by atoms with Gasteiger partial charge < -0.3 is 5.73 Å². The first-order valence-electron chi connectivity index (χ1n) is 3.09. The number of hydrogen-bond acceptors (Lipinski definition) is 2. The maximum Gasteiger partial charge on any atom is 0.0887 e. The van der Waals surface area contributed by atoms with Crippen LogP contribution in [0.3, 0.4) is 0 Å². The summed E-state index contributed by atoms with van der Waals surface area (Å²) >= 11 is 6.81. The number of rotatable bonds is 1. The zero-order chi connectivity index (χ0) is 6.91. The summed E-state index contributed by atoms with van der Waals surface area (Å²) in [5.74, 6) is 1.22. The predicted octanol–water partition coefficient (Wildman–Crippen LogP) is 1.56. The van der Waals surface area contributed by atoms with Crippen LogP contribution >= 0.6 is 24.0 Å². The van der Waals surface area contributed by atoms with Crippen molar-refractivity contribution in [2.45, 2.75) is 24.5 Å². The van der Waals surface area contributed by atoms with E-state index in [1.807, 2.05) is 11.8 Å². The van der Waals surface area contributed by atoms with Crippen LogP contribution in [0.1, 0.15) is 19.8 Å². The molecule has 3 heteroatoms. The molecule has 1 fully saturated rings. The maximum atomic E-state index is 5.54. The fraction of sp³-hybridized carbons (Fsp3) is 0.833. The molecule has 1 aliphatic rings. The summed E-state index contributed by atoms with van der Waals surface area (Å²) in [4.78, 5) is 0.671. The molecule has 0 spiro atoms. The molecule has 1 unspecified atom stereocenters. The monoisotopic (exact) mass is 161 g/mol. The highest BCUT2D eigenvalue weighted by molar-refractivity contribution is 8.02. The number of thioether (sulfide) groups is 1. The van der Waals surface area contributed by atoms with E-state index in [4.69, 9.17) is 18.0 Å². The Morgan fingerprint density at radius 2 is 2.44 bits per heavy atom. The second-order valence-electron chi connectivity index (χ2n) is 2.55. The predicted molar refractivity (Wildman–Crippen MR) is 46.9 cm³/mol. The number of hydrogen-bond donors (Lipinski definition) is 1. The molecule has 0 aromatic heterocycles. The van der Waals surface area contributed by atoms with Crippen molar-refractivity contribution in [1.29, 1.82) is 0 Å². The second kappa shape index (κ2) is 2.46. The average molecular weight is 161 g/mol. The topological polar surface area (TPSA) is 26.0 Å². The normalized spacial score (nSPS) is 34.8. The van der Waals surface area contributed by atoms with E-state index in [0.717, 1.165) is 6.42 Å². The Bertz CT molecular complexity index is 127. The highest BCUT2D eigenvalue weighted by Crippen LogP contribution is 2.37. The van der Waals surface area contributed by atoms with Crippen molar-refractivity contribution in [3.8, 4) is 0 Å². The van der Waals surface area contributed by atoms with Crippen molar-refractivity contribution in [2.75, 3.05) is 5.75 Å². The van der Waals surface area contributed by atoms with Gasteiger partial charge in [-0.1, -0.05) is 12.2 Å². The first kappa shape index (κ1) is 7.35. The summed E-state index contributed by atoms with van der Waals surface area (Å²) in [5.41, 5.74) is 5.54. The van der Waals surface area contributed by atoms with Gasteiger partial charge in [-0.15, -0.1) is 11.8 Å². The van der Waals surface area contributed by atoms with Crippen molar-refractivity contribution < 1.29 is 0 Å². The molecule has 2 N–H and O–H groups in total. The van der Waals surface area contributed by atoms with Gasteiger partial charge in [0.05, 0.1) is 9.74 Å². The van der Waals surface area contributed by atoms with Crippen molar-refractivity contribution >= 4 is 29.0 Å². The smallest absolute Gasteiger partial charge is 0.0887 e. The van der Waals surface area contributed by atoms with Gasteiger partial charge in [0.15, 0.2) is 0 Å².